The van der Waals surface area contributed by atoms with Gasteiger partial charge in [-0.1, -0.05) is 97.1 Å². The van der Waals surface area contributed by atoms with Gasteiger partial charge in [0.15, 0.2) is 0 Å². The number of hydrogen-bond donors (Lipinski definition) is 0. The second-order valence-electron chi connectivity index (χ2n) is 10.4. The van der Waals surface area contributed by atoms with E-state index in [4.69, 9.17) is 0 Å². The van der Waals surface area contributed by atoms with Gasteiger partial charge in [-0.2, -0.15) is 0 Å². The molecule has 4 aromatic rings. The van der Waals surface area contributed by atoms with Gasteiger partial charge in [0.05, 0.1) is 6.04 Å². The molecular weight excluding hydrogens is 513 g/mol. The predicted molar refractivity (Wildman–Crippen MR) is 160 cm³/mol. The summed E-state index contributed by atoms with van der Waals surface area (Å²) in [5, 5.41) is 0. The third-order valence-corrected chi connectivity index (χ3v) is 7.73. The molecule has 0 spiro atoms. The Morgan fingerprint density at radius 1 is 0.707 bits per heavy atom. The molecule has 210 valence electrons. The van der Waals surface area contributed by atoms with E-state index in [1.807, 2.05) is 47.4 Å². The molecule has 0 atom stereocenters. The largest absolute Gasteiger partial charge is 0.340 e. The highest BCUT2D eigenvalue weighted by molar-refractivity contribution is 5.94. The summed E-state index contributed by atoms with van der Waals surface area (Å²) in [7, 11) is 0. The minimum atomic E-state index is -0.447. The molecule has 0 unspecified atom stereocenters. The molecule has 0 aromatic heterocycles. The quantitative estimate of drug-likeness (QED) is 0.250. The van der Waals surface area contributed by atoms with Crippen LogP contribution in [0.15, 0.2) is 115 Å². The van der Waals surface area contributed by atoms with Crippen LogP contribution in [0.4, 0.5) is 4.39 Å². The number of piperazine rings is 1. The molecule has 1 saturated heterocycles. The highest BCUT2D eigenvalue weighted by Gasteiger charge is 2.28. The first-order valence-corrected chi connectivity index (χ1v) is 14.3. The van der Waals surface area contributed by atoms with Crippen molar-refractivity contribution in [2.24, 2.45) is 0 Å². The fourth-order valence-electron chi connectivity index (χ4n) is 5.53. The monoisotopic (exact) mass is 549 g/mol. The molecule has 4 aromatic carbocycles. The summed E-state index contributed by atoms with van der Waals surface area (Å²) in [5.74, 6) is -0.666. The second kappa shape index (κ2) is 13.9. The zero-order chi connectivity index (χ0) is 28.4. The number of amides is 2. The van der Waals surface area contributed by atoms with Crippen LogP contribution in [0.1, 0.15) is 39.5 Å². The lowest BCUT2D eigenvalue weighted by Crippen LogP contribution is -2.50. The minimum absolute atomic E-state index is 0.0392. The van der Waals surface area contributed by atoms with E-state index in [0.717, 1.165) is 18.7 Å². The lowest BCUT2D eigenvalue weighted by atomic mass is 9.96. The van der Waals surface area contributed by atoms with Crippen molar-refractivity contribution in [3.8, 4) is 0 Å². The lowest BCUT2D eigenvalue weighted by Gasteiger charge is -2.40. The van der Waals surface area contributed by atoms with E-state index in [9.17, 15) is 14.0 Å². The Hall–Kier alpha value is -4.29. The fraction of sp³-hybridized carbons (Fsp3) is 0.257. The number of hydrogen-bond acceptors (Lipinski definition) is 3. The van der Waals surface area contributed by atoms with Gasteiger partial charge in [0, 0.05) is 51.3 Å². The maximum atomic E-state index is 13.9. The molecule has 0 N–H and O–H groups in total. The van der Waals surface area contributed by atoms with E-state index in [2.05, 4.69) is 53.4 Å². The molecular formula is C35H36FN3O2. The first kappa shape index (κ1) is 28.2. The molecule has 41 heavy (non-hydrogen) atoms. The van der Waals surface area contributed by atoms with Gasteiger partial charge in [0.2, 0.25) is 5.91 Å². The first-order valence-electron chi connectivity index (χ1n) is 14.3. The van der Waals surface area contributed by atoms with Crippen molar-refractivity contribution in [1.29, 1.82) is 0 Å². The highest BCUT2D eigenvalue weighted by Crippen LogP contribution is 2.29. The van der Waals surface area contributed by atoms with Gasteiger partial charge in [-0.05, 0) is 41.3 Å². The van der Waals surface area contributed by atoms with Gasteiger partial charge in [0.1, 0.15) is 5.82 Å². The Morgan fingerprint density at radius 3 is 1.88 bits per heavy atom. The summed E-state index contributed by atoms with van der Waals surface area (Å²) in [6.45, 7) is 3.54. The number of halogens is 1. The minimum Gasteiger partial charge on any atom is -0.340 e. The van der Waals surface area contributed by atoms with Gasteiger partial charge in [0.25, 0.3) is 5.91 Å². The Kier molecular flexibility index (Phi) is 9.55. The molecule has 0 saturated carbocycles. The van der Waals surface area contributed by atoms with Crippen LogP contribution in [0, 0.1) is 5.82 Å². The summed E-state index contributed by atoms with van der Waals surface area (Å²) in [6, 6.07) is 36.8. The number of benzene rings is 4. The van der Waals surface area contributed by atoms with Gasteiger partial charge < -0.3 is 9.80 Å². The van der Waals surface area contributed by atoms with Crippen molar-refractivity contribution in [2.75, 3.05) is 39.3 Å². The Bertz CT molecular complexity index is 1370. The van der Waals surface area contributed by atoms with Gasteiger partial charge in [-0.25, -0.2) is 4.39 Å². The first-order chi connectivity index (χ1) is 20.1. The van der Waals surface area contributed by atoms with Crippen molar-refractivity contribution >= 4 is 11.8 Å². The second-order valence-corrected chi connectivity index (χ2v) is 10.4. The normalized spacial score (nSPS) is 13.8. The number of nitrogens with zero attached hydrogens (tertiary/aromatic N) is 3. The van der Waals surface area contributed by atoms with Crippen molar-refractivity contribution in [3.05, 3.63) is 143 Å². The average molecular weight is 550 g/mol. The topological polar surface area (TPSA) is 43.9 Å². The van der Waals surface area contributed by atoms with Crippen LogP contribution in [0.25, 0.3) is 0 Å². The van der Waals surface area contributed by atoms with E-state index in [0.29, 0.717) is 31.6 Å². The van der Waals surface area contributed by atoms with E-state index >= 15 is 0 Å². The molecule has 1 heterocycles. The summed E-state index contributed by atoms with van der Waals surface area (Å²) < 4.78 is 13.9. The molecule has 2 amide bonds. The summed E-state index contributed by atoms with van der Waals surface area (Å²) in [4.78, 5) is 32.7. The van der Waals surface area contributed by atoms with Gasteiger partial charge in [-0.3, -0.25) is 14.5 Å². The van der Waals surface area contributed by atoms with Crippen LogP contribution in [-0.4, -0.2) is 65.8 Å². The molecule has 5 nitrogen and oxygen atoms in total. The Morgan fingerprint density at radius 2 is 1.29 bits per heavy atom. The molecule has 5 rings (SSSR count). The molecule has 0 aliphatic carbocycles. The van der Waals surface area contributed by atoms with Crippen LogP contribution in [0.3, 0.4) is 0 Å². The third-order valence-electron chi connectivity index (χ3n) is 7.73. The van der Waals surface area contributed by atoms with E-state index in [1.165, 1.54) is 23.3 Å². The highest BCUT2D eigenvalue weighted by atomic mass is 19.1. The maximum absolute atomic E-state index is 13.9. The SMILES string of the molecule is O=C(CCN(CCc1ccccc1)C(=O)c1cccc(F)c1)N1CCN(C(c2ccccc2)c2ccccc2)CC1. The Labute approximate surface area is 241 Å². The lowest BCUT2D eigenvalue weighted by molar-refractivity contribution is -0.133. The van der Waals surface area contributed by atoms with Crippen LogP contribution >= 0.6 is 0 Å². The molecule has 1 aliphatic heterocycles. The number of carbonyl (C=O) groups excluding carboxylic acids is 2. The molecule has 1 fully saturated rings. The van der Waals surface area contributed by atoms with Crippen molar-refractivity contribution in [3.63, 3.8) is 0 Å². The van der Waals surface area contributed by atoms with E-state index in [1.54, 1.807) is 17.0 Å². The van der Waals surface area contributed by atoms with Gasteiger partial charge in [-0.15, -0.1) is 0 Å². The molecule has 0 bridgehead atoms. The maximum Gasteiger partial charge on any atom is 0.253 e. The van der Waals surface area contributed by atoms with Crippen LogP contribution < -0.4 is 0 Å². The standard InChI is InChI=1S/C35H36FN3O2/c36-32-18-10-17-31(27-32)35(41)39(21-19-28-11-4-1-5-12-28)22-20-33(40)37-23-25-38(26-24-37)34(29-13-6-2-7-14-29)30-15-8-3-9-16-30/h1-18,27,34H,19-26H2. The van der Waals surface area contributed by atoms with Crippen LogP contribution in [0.5, 0.6) is 0 Å². The third kappa shape index (κ3) is 7.47. The zero-order valence-corrected chi connectivity index (χ0v) is 23.2. The van der Waals surface area contributed by atoms with E-state index in [-0.39, 0.29) is 30.8 Å². The van der Waals surface area contributed by atoms with Crippen LogP contribution in [-0.2, 0) is 11.2 Å². The van der Waals surface area contributed by atoms with E-state index < -0.39 is 5.82 Å². The zero-order valence-electron chi connectivity index (χ0n) is 23.2. The van der Waals surface area contributed by atoms with Crippen molar-refractivity contribution in [2.45, 2.75) is 18.9 Å². The predicted octanol–water partition coefficient (Wildman–Crippen LogP) is 5.83. The number of rotatable bonds is 10. The van der Waals surface area contributed by atoms with Crippen molar-refractivity contribution in [1.82, 2.24) is 14.7 Å². The van der Waals surface area contributed by atoms with Gasteiger partial charge >= 0.3 is 0 Å². The summed E-state index contributed by atoms with van der Waals surface area (Å²) >= 11 is 0. The van der Waals surface area contributed by atoms with Crippen molar-refractivity contribution < 1.29 is 14.0 Å². The molecule has 6 heteroatoms. The smallest absolute Gasteiger partial charge is 0.253 e. The molecule has 0 radical (unpaired) electrons. The average Bonchev–Trinajstić information content (AvgIpc) is 3.03. The van der Waals surface area contributed by atoms with Crippen LogP contribution in [0.2, 0.25) is 0 Å². The fourth-order valence-corrected chi connectivity index (χ4v) is 5.53. The Balaban J connectivity index is 1.21. The summed E-state index contributed by atoms with van der Waals surface area (Å²) in [5.41, 5.74) is 3.89. The number of carbonyl (C=O) groups is 2. The summed E-state index contributed by atoms with van der Waals surface area (Å²) in [6.07, 6.45) is 0.895. The molecule has 1 aliphatic rings.